The summed E-state index contributed by atoms with van der Waals surface area (Å²) in [5.74, 6) is -1.89. The van der Waals surface area contributed by atoms with Crippen molar-refractivity contribution in [1.29, 1.82) is 0 Å². The predicted molar refractivity (Wildman–Crippen MR) is 144 cm³/mol. The summed E-state index contributed by atoms with van der Waals surface area (Å²) in [6.45, 7) is 3.42. The Kier molecular flexibility index (Phi) is 7.85. The van der Waals surface area contributed by atoms with Crippen LogP contribution in [0.3, 0.4) is 0 Å². The molecule has 0 spiro atoms. The first-order chi connectivity index (χ1) is 19.2. The fourth-order valence-electron chi connectivity index (χ4n) is 5.00. The zero-order chi connectivity index (χ0) is 28.2. The van der Waals surface area contributed by atoms with Crippen LogP contribution in [0.4, 0.5) is 4.39 Å². The minimum absolute atomic E-state index is 0.0280. The van der Waals surface area contributed by atoms with Crippen molar-refractivity contribution >= 4 is 23.4 Å². The molecule has 1 aliphatic heterocycles. The van der Waals surface area contributed by atoms with Crippen molar-refractivity contribution < 1.29 is 18.8 Å². The minimum atomic E-state index is -0.946. The van der Waals surface area contributed by atoms with Gasteiger partial charge in [-0.15, -0.1) is 5.10 Å². The number of hydrogen-bond acceptors (Lipinski definition) is 6. The van der Waals surface area contributed by atoms with E-state index in [0.717, 1.165) is 35.4 Å². The molecule has 4 aromatic rings. The second-order valence-corrected chi connectivity index (χ2v) is 10.2. The van der Waals surface area contributed by atoms with Gasteiger partial charge in [-0.05, 0) is 62.1 Å². The number of piperidine rings is 1. The number of rotatable bonds is 9. The van der Waals surface area contributed by atoms with Crippen LogP contribution in [-0.2, 0) is 16.1 Å². The number of nitrogens with one attached hydrogen (secondary N) is 1. The lowest BCUT2D eigenvalue weighted by atomic mass is 9.94. The fourth-order valence-corrected chi connectivity index (χ4v) is 5.00. The van der Waals surface area contributed by atoms with Crippen LogP contribution in [0, 0.1) is 12.7 Å². The average molecular weight is 547 g/mol. The molecule has 0 saturated carbocycles. The molecule has 12 heteroatoms. The van der Waals surface area contributed by atoms with Crippen LogP contribution in [-0.4, -0.2) is 66.1 Å². The number of benzene rings is 1. The third-order valence-corrected chi connectivity index (χ3v) is 7.07. The molecule has 208 valence electrons. The predicted octanol–water partition coefficient (Wildman–Crippen LogP) is 2.19. The molecule has 3 amide bonds. The van der Waals surface area contributed by atoms with Crippen LogP contribution in [0.25, 0.3) is 5.65 Å². The molecule has 5 rings (SSSR count). The highest BCUT2D eigenvalue weighted by molar-refractivity contribution is 5.97. The number of nitrogens with two attached hydrogens (primary N) is 1. The van der Waals surface area contributed by atoms with Crippen LogP contribution in [0.15, 0.2) is 55.0 Å². The molecule has 40 heavy (non-hydrogen) atoms. The van der Waals surface area contributed by atoms with E-state index >= 15 is 0 Å². The molecule has 1 fully saturated rings. The van der Waals surface area contributed by atoms with Gasteiger partial charge < -0.3 is 20.4 Å². The first-order valence-electron chi connectivity index (χ1n) is 13.2. The molecule has 4 heterocycles. The molecular formula is C28H31FN8O3. The number of likely N-dealkylation sites (tertiary alicyclic amines) is 1. The molecule has 1 saturated heterocycles. The molecule has 3 N–H and O–H groups in total. The second kappa shape index (κ2) is 11.6. The van der Waals surface area contributed by atoms with Gasteiger partial charge in [0, 0.05) is 49.6 Å². The van der Waals surface area contributed by atoms with Gasteiger partial charge in [-0.25, -0.2) is 14.1 Å². The normalized spacial score (nSPS) is 16.1. The molecule has 2 unspecified atom stereocenters. The Morgan fingerprint density at radius 2 is 1.93 bits per heavy atom. The summed E-state index contributed by atoms with van der Waals surface area (Å²) >= 11 is 0. The highest BCUT2D eigenvalue weighted by atomic mass is 19.1. The first-order valence-corrected chi connectivity index (χ1v) is 13.2. The van der Waals surface area contributed by atoms with E-state index in [4.69, 9.17) is 5.73 Å². The topological polar surface area (TPSA) is 141 Å². The lowest BCUT2D eigenvalue weighted by Crippen LogP contribution is -2.51. The van der Waals surface area contributed by atoms with Crippen molar-refractivity contribution in [2.45, 2.75) is 51.1 Å². The van der Waals surface area contributed by atoms with Crippen molar-refractivity contribution in [1.82, 2.24) is 34.6 Å². The standard InChI is InChI=1S/C28H31FN8O3/c1-18-4-11-26-31-22(15-36(26)13-18)16-37-17-24(33-34-37)20-3-2-12-35(14-20)28(40)23(9-10-25(30)38)32-27(39)19-5-7-21(29)8-6-19/h4-8,11,13,15,17,20,23H,2-3,9-10,12,14,16H2,1H3,(H2,30,38)(H,32,39). The number of imidazole rings is 1. The summed E-state index contributed by atoms with van der Waals surface area (Å²) in [6.07, 6.45) is 7.47. The van der Waals surface area contributed by atoms with E-state index in [1.807, 2.05) is 42.0 Å². The Morgan fingerprint density at radius 3 is 2.70 bits per heavy atom. The maximum atomic E-state index is 13.5. The smallest absolute Gasteiger partial charge is 0.251 e. The summed E-state index contributed by atoms with van der Waals surface area (Å²) < 4.78 is 17.0. The summed E-state index contributed by atoms with van der Waals surface area (Å²) in [7, 11) is 0. The highest BCUT2D eigenvalue weighted by Gasteiger charge is 2.32. The zero-order valence-electron chi connectivity index (χ0n) is 22.2. The lowest BCUT2D eigenvalue weighted by molar-refractivity contribution is -0.134. The molecule has 0 radical (unpaired) electrons. The Morgan fingerprint density at radius 1 is 1.12 bits per heavy atom. The average Bonchev–Trinajstić information content (AvgIpc) is 3.57. The molecule has 1 aromatic carbocycles. The highest BCUT2D eigenvalue weighted by Crippen LogP contribution is 2.26. The van der Waals surface area contributed by atoms with Crippen molar-refractivity contribution in [2.75, 3.05) is 13.1 Å². The number of hydrogen-bond donors (Lipinski definition) is 2. The van der Waals surface area contributed by atoms with Gasteiger partial charge in [-0.1, -0.05) is 11.3 Å². The van der Waals surface area contributed by atoms with Crippen LogP contribution < -0.4 is 11.1 Å². The molecule has 11 nitrogen and oxygen atoms in total. The van der Waals surface area contributed by atoms with Gasteiger partial charge in [0.2, 0.25) is 11.8 Å². The zero-order valence-corrected chi connectivity index (χ0v) is 22.2. The van der Waals surface area contributed by atoms with Gasteiger partial charge in [0.25, 0.3) is 5.91 Å². The summed E-state index contributed by atoms with van der Waals surface area (Å²) in [5.41, 5.74) is 9.17. The molecule has 2 atom stereocenters. The van der Waals surface area contributed by atoms with Gasteiger partial charge in [0.15, 0.2) is 0 Å². The number of fused-ring (bicyclic) bond motifs is 1. The number of nitrogens with zero attached hydrogens (tertiary/aromatic N) is 6. The molecule has 0 aliphatic carbocycles. The van der Waals surface area contributed by atoms with E-state index in [9.17, 15) is 18.8 Å². The van der Waals surface area contributed by atoms with Gasteiger partial charge in [0.05, 0.1) is 17.9 Å². The number of carbonyl (C=O) groups excluding carboxylic acids is 3. The van der Waals surface area contributed by atoms with Crippen molar-refractivity contribution in [3.63, 3.8) is 0 Å². The lowest BCUT2D eigenvalue weighted by Gasteiger charge is -2.34. The summed E-state index contributed by atoms with van der Waals surface area (Å²) in [4.78, 5) is 44.1. The monoisotopic (exact) mass is 546 g/mol. The molecule has 3 aromatic heterocycles. The molecule has 1 aliphatic rings. The van der Waals surface area contributed by atoms with Gasteiger partial charge in [0.1, 0.15) is 17.5 Å². The number of primary amides is 1. The number of pyridine rings is 1. The van der Waals surface area contributed by atoms with E-state index in [1.54, 1.807) is 9.58 Å². The van der Waals surface area contributed by atoms with Crippen LogP contribution in [0.5, 0.6) is 0 Å². The van der Waals surface area contributed by atoms with Crippen molar-refractivity contribution in [3.05, 3.63) is 83.3 Å². The van der Waals surface area contributed by atoms with Crippen LogP contribution in [0.2, 0.25) is 0 Å². The Balaban J connectivity index is 1.25. The van der Waals surface area contributed by atoms with E-state index in [1.165, 1.54) is 24.3 Å². The Bertz CT molecular complexity index is 1530. The number of halogens is 1. The van der Waals surface area contributed by atoms with E-state index in [0.29, 0.717) is 19.6 Å². The minimum Gasteiger partial charge on any atom is -0.370 e. The van der Waals surface area contributed by atoms with Gasteiger partial charge in [-0.3, -0.25) is 14.4 Å². The van der Waals surface area contributed by atoms with E-state index < -0.39 is 23.7 Å². The van der Waals surface area contributed by atoms with Gasteiger partial charge >= 0.3 is 0 Å². The Hall–Kier alpha value is -4.61. The van der Waals surface area contributed by atoms with Crippen LogP contribution >= 0.6 is 0 Å². The third kappa shape index (κ3) is 6.33. The number of aryl methyl sites for hydroxylation is 1. The first kappa shape index (κ1) is 27.0. The fraction of sp³-hybridized carbons (Fsp3) is 0.357. The second-order valence-electron chi connectivity index (χ2n) is 10.2. The number of aromatic nitrogens is 5. The molecular weight excluding hydrogens is 515 g/mol. The maximum Gasteiger partial charge on any atom is 0.251 e. The van der Waals surface area contributed by atoms with Gasteiger partial charge in [-0.2, -0.15) is 0 Å². The number of amides is 3. The Labute approximate surface area is 230 Å². The third-order valence-electron chi connectivity index (χ3n) is 7.07. The summed E-state index contributed by atoms with van der Waals surface area (Å²) in [6, 6.07) is 8.07. The van der Waals surface area contributed by atoms with Crippen molar-refractivity contribution in [2.24, 2.45) is 5.73 Å². The number of carbonyl (C=O) groups is 3. The molecule has 0 bridgehead atoms. The largest absolute Gasteiger partial charge is 0.370 e. The van der Waals surface area contributed by atoms with Crippen LogP contribution in [0.1, 0.15) is 58.9 Å². The summed E-state index contributed by atoms with van der Waals surface area (Å²) in [5, 5.41) is 11.4. The van der Waals surface area contributed by atoms with Crippen molar-refractivity contribution in [3.8, 4) is 0 Å². The maximum absolute atomic E-state index is 13.5. The van der Waals surface area contributed by atoms with E-state index in [-0.39, 0.29) is 30.2 Å². The quantitative estimate of drug-likeness (QED) is 0.330. The van der Waals surface area contributed by atoms with E-state index in [2.05, 4.69) is 20.6 Å². The SMILES string of the molecule is Cc1ccc2nc(Cn3cc(C4CCCN(C(=O)C(CCC(N)=O)NC(=O)c5ccc(F)cc5)C4)nn3)cn2c1.